The van der Waals surface area contributed by atoms with Gasteiger partial charge in [0.05, 0.1) is 11.4 Å². The van der Waals surface area contributed by atoms with E-state index in [4.69, 9.17) is 28.8 Å². The fourth-order valence-electron chi connectivity index (χ4n) is 7.74. The molecule has 0 spiro atoms. The summed E-state index contributed by atoms with van der Waals surface area (Å²) < 4.78 is 24.3. The van der Waals surface area contributed by atoms with Crippen molar-refractivity contribution in [2.24, 2.45) is 22.0 Å². The Hall–Kier alpha value is -6.61. The largest absolute Gasteiger partial charge is 0.483 e. The standard InChI is InChI=1S/C22H23N3O3.C21H22N4O3.C2H4O2/c1-14-22(26)24-23-21-13-27-20-12-19(28-17-8-3-2-4-9-17)16(10-15-6-5-7-15)11-18(20)25(14)21;1-13-21(26)24-23-20-12-27-19-9-18(28-16-5-3-2-4-6-16)15(7-14-10-22-11-14)8-17(19)25(13)20;1-2(3)4/h2-4,8-9,11-12,14-15H,5-7,10,13H2,1H3,(H,24,26);2-6,8-9,13-14,22H,7,10-12H2,1H3,(H,24,26);1H3,(H,3,4). The van der Waals surface area contributed by atoms with E-state index in [0.29, 0.717) is 36.6 Å². The number of fused-ring (bicyclic) bond motifs is 6. The molecule has 60 heavy (non-hydrogen) atoms. The number of rotatable bonds is 8. The second-order valence-corrected chi connectivity index (χ2v) is 15.6. The summed E-state index contributed by atoms with van der Waals surface area (Å²) >= 11 is 0. The van der Waals surface area contributed by atoms with Crippen LogP contribution in [0.4, 0.5) is 11.4 Å². The molecule has 2 atom stereocenters. The van der Waals surface area contributed by atoms with E-state index in [2.05, 4.69) is 38.5 Å². The summed E-state index contributed by atoms with van der Waals surface area (Å²) in [5.74, 6) is 6.31. The molecule has 4 N–H and O–H groups in total. The molecule has 1 saturated heterocycles. The molecule has 0 bridgehead atoms. The van der Waals surface area contributed by atoms with Crippen molar-refractivity contribution >= 4 is 40.8 Å². The van der Waals surface area contributed by atoms with Crippen molar-refractivity contribution in [2.45, 2.75) is 65.0 Å². The number of carbonyl (C=O) groups is 3. The second-order valence-electron chi connectivity index (χ2n) is 15.6. The molecule has 1 saturated carbocycles. The minimum Gasteiger partial charge on any atom is -0.483 e. The van der Waals surface area contributed by atoms with Gasteiger partial charge in [-0.1, -0.05) is 55.7 Å². The smallest absolute Gasteiger partial charge is 0.300 e. The van der Waals surface area contributed by atoms with Crippen molar-refractivity contribution in [1.29, 1.82) is 0 Å². The number of benzene rings is 4. The van der Waals surface area contributed by atoms with Gasteiger partial charge in [0.1, 0.15) is 59.8 Å². The van der Waals surface area contributed by atoms with Gasteiger partial charge >= 0.3 is 0 Å². The maximum absolute atomic E-state index is 12.2. The molecule has 5 heterocycles. The highest BCUT2D eigenvalue weighted by atomic mass is 16.5. The molecule has 4 aromatic carbocycles. The van der Waals surface area contributed by atoms with Gasteiger partial charge < -0.3 is 39.2 Å². The molecular weight excluding hydrogens is 767 g/mol. The number of amidine groups is 2. The number of anilines is 2. The zero-order chi connectivity index (χ0) is 41.8. The van der Waals surface area contributed by atoms with Crippen molar-refractivity contribution in [3.8, 4) is 34.5 Å². The molecule has 0 radical (unpaired) electrons. The highest BCUT2D eigenvalue weighted by molar-refractivity contribution is 6.10. The molecule has 0 aromatic heterocycles. The Bertz CT molecular complexity index is 2140. The number of para-hydroxylation sites is 2. The maximum atomic E-state index is 12.2. The Kier molecular flexibility index (Phi) is 11.9. The summed E-state index contributed by atoms with van der Waals surface area (Å²) in [6, 6.07) is 27.0. The quantitative estimate of drug-likeness (QED) is 0.159. The summed E-state index contributed by atoms with van der Waals surface area (Å²) in [6.45, 7) is 7.50. The average molecular weight is 816 g/mol. The minimum absolute atomic E-state index is 0.109. The van der Waals surface area contributed by atoms with Crippen LogP contribution in [0.15, 0.2) is 95.1 Å². The number of hydrogen-bond acceptors (Lipinski definition) is 12. The van der Waals surface area contributed by atoms with E-state index in [1.807, 2.05) is 96.4 Å². The molecule has 5 aliphatic heterocycles. The predicted molar refractivity (Wildman–Crippen MR) is 226 cm³/mol. The number of hydrazone groups is 2. The van der Waals surface area contributed by atoms with E-state index in [1.54, 1.807) is 0 Å². The van der Waals surface area contributed by atoms with Gasteiger partial charge in [0.25, 0.3) is 17.8 Å². The van der Waals surface area contributed by atoms with Gasteiger partial charge in [-0.25, -0.2) is 10.9 Å². The Morgan fingerprint density at radius 2 is 1.15 bits per heavy atom. The Balaban J connectivity index is 0.000000153. The molecule has 6 aliphatic rings. The molecule has 2 fully saturated rings. The molecule has 312 valence electrons. The lowest BCUT2D eigenvalue weighted by molar-refractivity contribution is -0.134. The molecule has 4 aromatic rings. The number of carboxylic acids is 1. The van der Waals surface area contributed by atoms with Crippen LogP contribution in [-0.4, -0.2) is 72.9 Å². The van der Waals surface area contributed by atoms with Crippen molar-refractivity contribution in [1.82, 2.24) is 16.2 Å². The van der Waals surface area contributed by atoms with Crippen molar-refractivity contribution < 1.29 is 38.4 Å². The summed E-state index contributed by atoms with van der Waals surface area (Å²) in [7, 11) is 0. The molecule has 10 rings (SSSR count). The molecule has 1 aliphatic carbocycles. The van der Waals surface area contributed by atoms with E-state index < -0.39 is 5.97 Å². The highest BCUT2D eigenvalue weighted by Crippen LogP contribution is 2.44. The first-order valence-electron chi connectivity index (χ1n) is 20.4. The molecule has 2 unspecified atom stereocenters. The number of aliphatic carboxylic acids is 1. The lowest BCUT2D eigenvalue weighted by Crippen LogP contribution is -2.55. The zero-order valence-electron chi connectivity index (χ0n) is 33.9. The molecular formula is C45H49N7O8. The van der Waals surface area contributed by atoms with Gasteiger partial charge in [0.15, 0.2) is 11.7 Å². The first-order chi connectivity index (χ1) is 29.1. The van der Waals surface area contributed by atoms with Crippen LogP contribution in [-0.2, 0) is 27.2 Å². The van der Waals surface area contributed by atoms with Gasteiger partial charge in [0.2, 0.25) is 0 Å². The third-order valence-electron chi connectivity index (χ3n) is 11.2. The SMILES string of the molecule is CC(=O)O.CC1C(=O)NN=C2COc3cc(Oc4ccccc4)c(CC4CCC4)cc3N21.CC1C(=O)NN=C2COc3cc(Oc4ccccc4)c(CC4CNC4)cc3N21. The third-order valence-corrected chi connectivity index (χ3v) is 11.2. The van der Waals surface area contributed by atoms with Crippen LogP contribution < -0.4 is 44.9 Å². The van der Waals surface area contributed by atoms with Crippen LogP contribution in [0.1, 0.15) is 51.2 Å². The number of nitrogens with one attached hydrogen (secondary N) is 3. The van der Waals surface area contributed by atoms with E-state index >= 15 is 0 Å². The first kappa shape index (κ1) is 40.2. The number of carboxylic acid groups (broad SMARTS) is 1. The lowest BCUT2D eigenvalue weighted by Gasteiger charge is -2.38. The monoisotopic (exact) mass is 815 g/mol. The average Bonchev–Trinajstić information content (AvgIpc) is 3.21. The van der Waals surface area contributed by atoms with Crippen LogP contribution in [0.5, 0.6) is 34.5 Å². The minimum atomic E-state index is -0.833. The summed E-state index contributed by atoms with van der Waals surface area (Å²) in [5.41, 5.74) is 9.16. The lowest BCUT2D eigenvalue weighted by atomic mass is 9.80. The molecule has 2 amide bonds. The van der Waals surface area contributed by atoms with Gasteiger partial charge in [-0.05, 0) is 99.1 Å². The van der Waals surface area contributed by atoms with Crippen LogP contribution in [0.3, 0.4) is 0 Å². The van der Waals surface area contributed by atoms with E-state index in [1.165, 1.54) is 19.3 Å². The maximum Gasteiger partial charge on any atom is 0.300 e. The van der Waals surface area contributed by atoms with Crippen molar-refractivity contribution in [2.75, 3.05) is 36.1 Å². The second kappa shape index (κ2) is 17.7. The fraction of sp³-hybridized carbons (Fsp3) is 0.356. The predicted octanol–water partition coefficient (Wildman–Crippen LogP) is 6.21. The van der Waals surface area contributed by atoms with Gasteiger partial charge in [-0.2, -0.15) is 10.2 Å². The van der Waals surface area contributed by atoms with Gasteiger partial charge in [-0.3, -0.25) is 14.4 Å². The summed E-state index contributed by atoms with van der Waals surface area (Å²) in [5, 5.41) is 19.1. The van der Waals surface area contributed by atoms with Crippen LogP contribution in [0.25, 0.3) is 0 Å². The van der Waals surface area contributed by atoms with Crippen LogP contribution in [0, 0.1) is 11.8 Å². The van der Waals surface area contributed by atoms with Gasteiger partial charge in [-0.15, -0.1) is 0 Å². The first-order valence-corrected chi connectivity index (χ1v) is 20.4. The number of ether oxygens (including phenoxy) is 4. The topological polar surface area (TPSA) is 176 Å². The summed E-state index contributed by atoms with van der Waals surface area (Å²) in [4.78, 5) is 37.3. The van der Waals surface area contributed by atoms with E-state index in [0.717, 1.165) is 89.9 Å². The number of amides is 2. The molecule has 15 heteroatoms. The normalized spacial score (nSPS) is 19.9. The van der Waals surface area contributed by atoms with E-state index in [9.17, 15) is 9.59 Å². The van der Waals surface area contributed by atoms with Crippen LogP contribution in [0.2, 0.25) is 0 Å². The van der Waals surface area contributed by atoms with Gasteiger partial charge in [0, 0.05) is 19.1 Å². The van der Waals surface area contributed by atoms with Crippen molar-refractivity contribution in [3.05, 3.63) is 96.1 Å². The van der Waals surface area contributed by atoms with Crippen molar-refractivity contribution in [3.63, 3.8) is 0 Å². The van der Waals surface area contributed by atoms with E-state index in [-0.39, 0.29) is 23.9 Å². The number of nitrogens with zero attached hydrogens (tertiary/aromatic N) is 4. The Morgan fingerprint density at radius 1 is 0.717 bits per heavy atom. The van der Waals surface area contributed by atoms with Crippen LogP contribution >= 0.6 is 0 Å². The Labute approximate surface area is 348 Å². The molecule has 15 nitrogen and oxygen atoms in total. The Morgan fingerprint density at radius 3 is 1.53 bits per heavy atom. The number of hydrogen-bond donors (Lipinski definition) is 4. The third kappa shape index (κ3) is 8.86. The zero-order valence-corrected chi connectivity index (χ0v) is 33.9. The number of carbonyl (C=O) groups excluding carboxylic acids is 2. The summed E-state index contributed by atoms with van der Waals surface area (Å²) in [6.07, 6.45) is 5.69. The highest BCUT2D eigenvalue weighted by Gasteiger charge is 2.38. The fourth-order valence-corrected chi connectivity index (χ4v) is 7.74.